The predicted molar refractivity (Wildman–Crippen MR) is 78.5 cm³/mol. The topological polar surface area (TPSA) is 18.5 Å². The molecule has 1 heterocycles. The van der Waals surface area contributed by atoms with Crippen molar-refractivity contribution in [2.75, 3.05) is 13.2 Å². The molecule has 3 heteroatoms. The first-order valence-corrected chi connectivity index (χ1v) is 7.15. The van der Waals surface area contributed by atoms with Crippen molar-refractivity contribution in [3.63, 3.8) is 0 Å². The number of rotatable bonds is 5. The maximum atomic E-state index is 5.70. The minimum Gasteiger partial charge on any atom is -0.407 e. The molecule has 0 aromatic rings. The van der Waals surface area contributed by atoms with Crippen LogP contribution >= 0.6 is 0 Å². The minimum absolute atomic E-state index is 0.147. The average molecular weight is 250 g/mol. The largest absolute Gasteiger partial charge is 0.493 e. The highest BCUT2D eigenvalue weighted by Crippen LogP contribution is 2.22. The summed E-state index contributed by atoms with van der Waals surface area (Å²) in [6.45, 7) is 10.4. The Morgan fingerprint density at radius 2 is 1.89 bits per heavy atom. The maximum Gasteiger partial charge on any atom is 0.493 e. The summed E-state index contributed by atoms with van der Waals surface area (Å²) in [4.78, 5) is 0. The van der Waals surface area contributed by atoms with Crippen LogP contribution in [0.2, 0.25) is 0 Å². The Balaban J connectivity index is 2.68. The summed E-state index contributed by atoms with van der Waals surface area (Å²) in [6, 6.07) is 0. The van der Waals surface area contributed by atoms with Gasteiger partial charge in [0, 0.05) is 13.2 Å². The molecule has 0 amide bonds. The number of hydrogen-bond donors (Lipinski definition) is 0. The third-order valence-corrected chi connectivity index (χ3v) is 2.73. The molecule has 0 aliphatic carbocycles. The minimum atomic E-state index is -0.171. The quantitative estimate of drug-likeness (QED) is 0.414. The first-order valence-electron chi connectivity index (χ1n) is 7.15. The Morgan fingerprint density at radius 1 is 1.22 bits per heavy atom. The Kier molecular flexibility index (Phi) is 6.73. The van der Waals surface area contributed by atoms with E-state index in [9.17, 15) is 0 Å². The lowest BCUT2D eigenvalue weighted by molar-refractivity contribution is 0.140. The molecule has 18 heavy (non-hydrogen) atoms. The van der Waals surface area contributed by atoms with Gasteiger partial charge in [-0.25, -0.2) is 0 Å². The van der Waals surface area contributed by atoms with Gasteiger partial charge in [-0.1, -0.05) is 58.8 Å². The van der Waals surface area contributed by atoms with Crippen molar-refractivity contribution in [3.05, 3.63) is 23.7 Å². The van der Waals surface area contributed by atoms with Gasteiger partial charge in [-0.2, -0.15) is 0 Å². The fourth-order valence-electron chi connectivity index (χ4n) is 1.92. The summed E-state index contributed by atoms with van der Waals surface area (Å²) in [6.07, 6.45) is 11.3. The first kappa shape index (κ1) is 15.5. The fourth-order valence-corrected chi connectivity index (χ4v) is 1.92. The molecule has 102 valence electrons. The van der Waals surface area contributed by atoms with Crippen LogP contribution in [0.5, 0.6) is 0 Å². The maximum absolute atomic E-state index is 5.70. The summed E-state index contributed by atoms with van der Waals surface area (Å²) >= 11 is 0. The predicted octanol–water partition coefficient (Wildman–Crippen LogP) is 4.17. The molecule has 0 bridgehead atoms. The molecule has 0 unspecified atom stereocenters. The van der Waals surface area contributed by atoms with Gasteiger partial charge in [-0.3, -0.25) is 0 Å². The number of unbranched alkanes of at least 4 members (excludes halogenated alkanes) is 2. The highest BCUT2D eigenvalue weighted by Gasteiger charge is 2.26. The van der Waals surface area contributed by atoms with Crippen LogP contribution < -0.4 is 0 Å². The fraction of sp³-hybridized carbons (Fsp3) is 0.733. The molecule has 2 nitrogen and oxygen atoms in total. The third-order valence-electron chi connectivity index (χ3n) is 2.73. The lowest BCUT2D eigenvalue weighted by Crippen LogP contribution is -2.32. The van der Waals surface area contributed by atoms with E-state index in [-0.39, 0.29) is 12.5 Å². The van der Waals surface area contributed by atoms with Gasteiger partial charge in [-0.05, 0) is 23.7 Å². The highest BCUT2D eigenvalue weighted by molar-refractivity contribution is 6.54. The highest BCUT2D eigenvalue weighted by atomic mass is 16.6. The van der Waals surface area contributed by atoms with Crippen molar-refractivity contribution in [2.45, 2.75) is 53.4 Å². The van der Waals surface area contributed by atoms with Crippen molar-refractivity contribution in [1.82, 2.24) is 0 Å². The zero-order chi connectivity index (χ0) is 13.4. The lowest BCUT2D eigenvalue weighted by atomic mass is 9.73. The molecule has 0 spiro atoms. The van der Waals surface area contributed by atoms with Gasteiger partial charge in [0.05, 0.1) is 0 Å². The average Bonchev–Trinajstić information content (AvgIpc) is 2.33. The van der Waals surface area contributed by atoms with Gasteiger partial charge < -0.3 is 9.31 Å². The van der Waals surface area contributed by atoms with Crippen LogP contribution in [0.4, 0.5) is 0 Å². The monoisotopic (exact) mass is 250 g/mol. The van der Waals surface area contributed by atoms with E-state index in [1.54, 1.807) is 0 Å². The van der Waals surface area contributed by atoms with E-state index in [0.29, 0.717) is 0 Å². The summed E-state index contributed by atoms with van der Waals surface area (Å²) < 4.78 is 11.4. The molecule has 0 N–H and O–H groups in total. The molecule has 0 radical (unpaired) electrons. The molecule has 1 fully saturated rings. The van der Waals surface area contributed by atoms with Gasteiger partial charge >= 0.3 is 7.12 Å². The van der Waals surface area contributed by atoms with Gasteiger partial charge in [0.15, 0.2) is 0 Å². The Hall–Kier alpha value is -0.535. The lowest BCUT2D eigenvalue weighted by Gasteiger charge is -2.23. The Labute approximate surface area is 113 Å². The van der Waals surface area contributed by atoms with E-state index >= 15 is 0 Å². The van der Waals surface area contributed by atoms with E-state index in [1.807, 2.05) is 0 Å². The zero-order valence-electron chi connectivity index (χ0n) is 12.4. The summed E-state index contributed by atoms with van der Waals surface area (Å²) in [5.74, 6) is 0. The van der Waals surface area contributed by atoms with Crippen molar-refractivity contribution >= 4 is 7.12 Å². The van der Waals surface area contributed by atoms with Gasteiger partial charge in [0.25, 0.3) is 0 Å². The van der Waals surface area contributed by atoms with Crippen LogP contribution in [0.1, 0.15) is 53.4 Å². The molecule has 1 aliphatic heterocycles. The summed E-state index contributed by atoms with van der Waals surface area (Å²) in [5, 5.41) is 0. The van der Waals surface area contributed by atoms with Crippen LogP contribution in [0.3, 0.4) is 0 Å². The third kappa shape index (κ3) is 6.41. The van der Waals surface area contributed by atoms with Crippen molar-refractivity contribution < 1.29 is 9.31 Å². The second-order valence-electron chi connectivity index (χ2n) is 5.98. The van der Waals surface area contributed by atoms with E-state index in [4.69, 9.17) is 9.31 Å². The van der Waals surface area contributed by atoms with Crippen molar-refractivity contribution in [2.24, 2.45) is 5.41 Å². The number of allylic oxidation sites excluding steroid dienone is 4. The number of hydrogen-bond acceptors (Lipinski definition) is 2. The molecule has 1 rings (SSSR count). The Morgan fingerprint density at radius 3 is 2.44 bits per heavy atom. The van der Waals surface area contributed by atoms with Gasteiger partial charge in [0.1, 0.15) is 0 Å². The van der Waals surface area contributed by atoms with Crippen molar-refractivity contribution in [1.29, 1.82) is 0 Å². The molecule has 0 saturated carbocycles. The van der Waals surface area contributed by atoms with Crippen molar-refractivity contribution in [3.8, 4) is 0 Å². The molecule has 0 aromatic heterocycles. The van der Waals surface area contributed by atoms with Crippen LogP contribution in [0.25, 0.3) is 0 Å². The second-order valence-corrected chi connectivity index (χ2v) is 5.98. The molecule has 1 saturated heterocycles. The van der Waals surface area contributed by atoms with Crippen LogP contribution in [0.15, 0.2) is 23.7 Å². The smallest absolute Gasteiger partial charge is 0.407 e. The Bertz CT molecular complexity index is 283. The first-order chi connectivity index (χ1) is 8.53. The SMILES string of the molecule is CCCC/C=C/C(=C/C(C)(C)C)B1OCCCO1. The standard InChI is InChI=1S/C15H27BO2/c1-5-6-7-8-10-14(13-15(2,3)4)16-17-11-9-12-18-16/h8,10,13H,5-7,9,11-12H2,1-4H3/b10-8+,14-13-. The van der Waals surface area contributed by atoms with E-state index < -0.39 is 0 Å². The van der Waals surface area contributed by atoms with E-state index in [0.717, 1.165) is 26.1 Å². The summed E-state index contributed by atoms with van der Waals surface area (Å²) in [5.41, 5.74) is 1.31. The molecular weight excluding hydrogens is 223 g/mol. The molecule has 0 aromatic carbocycles. The normalized spacial score (nSPS) is 18.7. The second kappa shape index (κ2) is 7.80. The van der Waals surface area contributed by atoms with Crippen LogP contribution in [0, 0.1) is 5.41 Å². The van der Waals surface area contributed by atoms with Gasteiger partial charge in [-0.15, -0.1) is 0 Å². The van der Waals surface area contributed by atoms with E-state index in [1.165, 1.54) is 18.3 Å². The van der Waals surface area contributed by atoms with Gasteiger partial charge in [0.2, 0.25) is 0 Å². The van der Waals surface area contributed by atoms with Crippen LogP contribution in [-0.2, 0) is 9.31 Å². The van der Waals surface area contributed by atoms with Crippen LogP contribution in [-0.4, -0.2) is 20.3 Å². The zero-order valence-corrected chi connectivity index (χ0v) is 12.4. The summed E-state index contributed by atoms with van der Waals surface area (Å²) in [7, 11) is -0.171. The molecular formula is C15H27BO2. The van der Waals surface area contributed by atoms with E-state index in [2.05, 4.69) is 45.9 Å². The molecule has 1 aliphatic rings. The molecule has 0 atom stereocenters.